The summed E-state index contributed by atoms with van der Waals surface area (Å²) < 4.78 is 10.0. The Balaban J connectivity index is 1.67. The first-order chi connectivity index (χ1) is 14.9. The highest BCUT2D eigenvalue weighted by Crippen LogP contribution is 2.40. The van der Waals surface area contributed by atoms with Crippen molar-refractivity contribution in [1.29, 1.82) is 0 Å². The van der Waals surface area contributed by atoms with Crippen LogP contribution in [0.25, 0.3) is 0 Å². The van der Waals surface area contributed by atoms with Crippen LogP contribution in [0.1, 0.15) is 45.4 Å². The lowest BCUT2D eigenvalue weighted by Crippen LogP contribution is -2.50. The summed E-state index contributed by atoms with van der Waals surface area (Å²) in [7, 11) is 0. The zero-order chi connectivity index (χ0) is 22.6. The van der Waals surface area contributed by atoms with Crippen molar-refractivity contribution >= 4 is 23.7 Å². The third-order valence-electron chi connectivity index (χ3n) is 5.98. The average molecular weight is 438 g/mol. The number of hydrogen-bond acceptors (Lipinski definition) is 8. The third kappa shape index (κ3) is 8.56. The number of amides is 1. The molecule has 0 aromatic rings. The van der Waals surface area contributed by atoms with Crippen LogP contribution in [-0.4, -0.2) is 56.0 Å². The fourth-order valence-corrected chi connectivity index (χ4v) is 4.34. The SMILES string of the molecule is CCOC(=O)/C=C/C(=O)NCCOC(=O)C1CC2CC(CC/C(N)=N/N)CCC2CN1. The van der Waals surface area contributed by atoms with E-state index in [-0.39, 0.29) is 31.8 Å². The molecule has 4 unspecified atom stereocenters. The molecule has 10 nitrogen and oxygen atoms in total. The van der Waals surface area contributed by atoms with Gasteiger partial charge in [0.15, 0.2) is 0 Å². The predicted octanol–water partition coefficient (Wildman–Crippen LogP) is 0.171. The second-order valence-corrected chi connectivity index (χ2v) is 8.10. The Labute approximate surface area is 183 Å². The van der Waals surface area contributed by atoms with Crippen LogP contribution in [0.4, 0.5) is 0 Å². The van der Waals surface area contributed by atoms with Crippen LogP contribution < -0.4 is 22.2 Å². The van der Waals surface area contributed by atoms with Crippen LogP contribution >= 0.6 is 0 Å². The van der Waals surface area contributed by atoms with Crippen LogP contribution in [0.3, 0.4) is 0 Å². The summed E-state index contributed by atoms with van der Waals surface area (Å²) in [6.45, 7) is 2.99. The Hall–Kier alpha value is -2.62. The van der Waals surface area contributed by atoms with Gasteiger partial charge in [0, 0.05) is 18.6 Å². The summed E-state index contributed by atoms with van der Waals surface area (Å²) in [6.07, 6.45) is 7.99. The van der Waals surface area contributed by atoms with Crippen LogP contribution in [0.5, 0.6) is 0 Å². The molecule has 0 spiro atoms. The number of nitrogens with zero attached hydrogens (tertiary/aromatic N) is 1. The molecule has 31 heavy (non-hydrogen) atoms. The minimum atomic E-state index is -0.577. The molecule has 0 bridgehead atoms. The van der Waals surface area contributed by atoms with Crippen molar-refractivity contribution in [2.75, 3.05) is 26.3 Å². The lowest BCUT2D eigenvalue weighted by Gasteiger charge is -2.42. The maximum absolute atomic E-state index is 12.4. The number of nitrogens with one attached hydrogen (secondary N) is 2. The van der Waals surface area contributed by atoms with Gasteiger partial charge in [-0.1, -0.05) is 6.42 Å². The molecule has 0 aromatic heterocycles. The molecular formula is C21H35N5O5. The number of hydrazone groups is 1. The van der Waals surface area contributed by atoms with Gasteiger partial charge in [0.25, 0.3) is 0 Å². The largest absolute Gasteiger partial charge is 0.463 e. The van der Waals surface area contributed by atoms with E-state index in [1.807, 2.05) is 0 Å². The van der Waals surface area contributed by atoms with Crippen molar-refractivity contribution in [2.24, 2.45) is 34.4 Å². The van der Waals surface area contributed by atoms with Gasteiger partial charge in [0.2, 0.25) is 5.91 Å². The van der Waals surface area contributed by atoms with E-state index in [0.29, 0.717) is 30.0 Å². The van der Waals surface area contributed by atoms with Crippen LogP contribution in [0.2, 0.25) is 0 Å². The first-order valence-electron chi connectivity index (χ1n) is 11.0. The van der Waals surface area contributed by atoms with Gasteiger partial charge < -0.3 is 31.7 Å². The van der Waals surface area contributed by atoms with Crippen LogP contribution in [-0.2, 0) is 23.9 Å². The molecule has 1 aliphatic heterocycles. The number of fused-ring (bicyclic) bond motifs is 1. The monoisotopic (exact) mass is 437 g/mol. The second kappa shape index (κ2) is 12.9. The molecule has 6 N–H and O–H groups in total. The van der Waals surface area contributed by atoms with Gasteiger partial charge in [0.05, 0.1) is 13.2 Å². The maximum atomic E-state index is 12.4. The highest BCUT2D eigenvalue weighted by Gasteiger charge is 2.38. The molecule has 1 saturated carbocycles. The van der Waals surface area contributed by atoms with Crippen molar-refractivity contribution in [2.45, 2.75) is 51.5 Å². The van der Waals surface area contributed by atoms with Crippen molar-refractivity contribution in [3.63, 3.8) is 0 Å². The van der Waals surface area contributed by atoms with Gasteiger partial charge in [-0.25, -0.2) is 4.79 Å². The van der Waals surface area contributed by atoms with E-state index in [1.165, 1.54) is 6.42 Å². The van der Waals surface area contributed by atoms with Crippen molar-refractivity contribution in [1.82, 2.24) is 10.6 Å². The number of esters is 2. The van der Waals surface area contributed by atoms with Crippen molar-refractivity contribution in [3.05, 3.63) is 12.2 Å². The Bertz CT molecular complexity index is 681. The number of ether oxygens (including phenoxy) is 2. The molecule has 1 saturated heterocycles. The second-order valence-electron chi connectivity index (χ2n) is 8.10. The van der Waals surface area contributed by atoms with E-state index in [1.54, 1.807) is 6.92 Å². The van der Waals surface area contributed by atoms with Gasteiger partial charge in [-0.3, -0.25) is 9.59 Å². The van der Waals surface area contributed by atoms with Gasteiger partial charge >= 0.3 is 11.9 Å². The number of piperidine rings is 1. The summed E-state index contributed by atoms with van der Waals surface area (Å²) in [4.78, 5) is 35.2. The number of carbonyl (C=O) groups is 3. The topological polar surface area (TPSA) is 158 Å². The molecule has 1 aliphatic carbocycles. The van der Waals surface area contributed by atoms with Gasteiger partial charge in [-0.15, -0.1) is 0 Å². The normalized spacial score (nSPS) is 26.2. The van der Waals surface area contributed by atoms with Crippen LogP contribution in [0.15, 0.2) is 17.3 Å². The predicted molar refractivity (Wildman–Crippen MR) is 116 cm³/mol. The highest BCUT2D eigenvalue weighted by atomic mass is 16.5. The number of hydrogen-bond donors (Lipinski definition) is 4. The van der Waals surface area contributed by atoms with E-state index >= 15 is 0 Å². The Morgan fingerprint density at radius 3 is 2.71 bits per heavy atom. The van der Waals surface area contributed by atoms with E-state index in [2.05, 4.69) is 15.7 Å². The van der Waals surface area contributed by atoms with Crippen molar-refractivity contribution < 1.29 is 23.9 Å². The van der Waals surface area contributed by atoms with E-state index in [0.717, 1.165) is 44.4 Å². The fourth-order valence-electron chi connectivity index (χ4n) is 4.34. The van der Waals surface area contributed by atoms with Gasteiger partial charge in [-0.05, 0) is 56.9 Å². The summed E-state index contributed by atoms with van der Waals surface area (Å²) in [6, 6.07) is -0.324. The lowest BCUT2D eigenvalue weighted by atomic mass is 9.69. The van der Waals surface area contributed by atoms with E-state index in [4.69, 9.17) is 21.1 Å². The third-order valence-corrected chi connectivity index (χ3v) is 5.98. The number of rotatable bonds is 10. The van der Waals surface area contributed by atoms with E-state index in [9.17, 15) is 14.4 Å². The minimum absolute atomic E-state index is 0.0738. The molecule has 1 amide bonds. The molecule has 1 heterocycles. The molecule has 2 fully saturated rings. The summed E-state index contributed by atoms with van der Waals surface area (Å²) in [5.41, 5.74) is 5.71. The molecule has 4 atom stereocenters. The standard InChI is InChI=1S/C21H35N5O5/c1-2-30-20(28)8-7-19(27)24-9-10-31-21(29)17-12-16-11-14(4-6-18(22)26-23)3-5-15(16)13-25-17/h7-8,14-17,25H,2-6,9-13,23H2,1H3,(H2,22,26)(H,24,27)/b8-7+. The Kier molecular flexibility index (Phi) is 10.3. The Morgan fingerprint density at radius 2 is 1.97 bits per heavy atom. The summed E-state index contributed by atoms with van der Waals surface area (Å²) in [5, 5.41) is 9.40. The first kappa shape index (κ1) is 24.6. The molecule has 0 radical (unpaired) electrons. The molecule has 10 heteroatoms. The molecule has 2 aliphatic rings. The average Bonchev–Trinajstić information content (AvgIpc) is 2.78. The minimum Gasteiger partial charge on any atom is -0.463 e. The zero-order valence-electron chi connectivity index (χ0n) is 18.2. The molecular weight excluding hydrogens is 402 g/mol. The van der Waals surface area contributed by atoms with E-state index < -0.39 is 11.9 Å². The molecule has 0 aromatic carbocycles. The van der Waals surface area contributed by atoms with Gasteiger partial charge in [0.1, 0.15) is 18.5 Å². The fraction of sp³-hybridized carbons (Fsp3) is 0.714. The number of nitrogens with two attached hydrogens (primary N) is 2. The summed E-state index contributed by atoms with van der Waals surface area (Å²) in [5.74, 6) is 6.03. The highest BCUT2D eigenvalue weighted by molar-refractivity contribution is 5.94. The lowest BCUT2D eigenvalue weighted by molar-refractivity contribution is -0.148. The Morgan fingerprint density at radius 1 is 1.16 bits per heavy atom. The van der Waals surface area contributed by atoms with Crippen LogP contribution in [0, 0.1) is 17.8 Å². The quantitative estimate of drug-likeness (QED) is 0.0716. The van der Waals surface area contributed by atoms with Gasteiger partial charge in [-0.2, -0.15) is 5.10 Å². The zero-order valence-corrected chi connectivity index (χ0v) is 18.2. The number of carbonyl (C=O) groups excluding carboxylic acids is 3. The van der Waals surface area contributed by atoms with Crippen molar-refractivity contribution in [3.8, 4) is 0 Å². The smallest absolute Gasteiger partial charge is 0.330 e. The molecule has 2 rings (SSSR count). The maximum Gasteiger partial charge on any atom is 0.330 e. The molecule has 174 valence electrons. The first-order valence-corrected chi connectivity index (χ1v) is 11.0. The summed E-state index contributed by atoms with van der Waals surface area (Å²) >= 11 is 0. The number of amidine groups is 1.